The third-order valence-corrected chi connectivity index (χ3v) is 3.55. The average molecular weight is 284 g/mol. The number of hydrogen-bond acceptors (Lipinski definition) is 7. The van der Waals surface area contributed by atoms with Crippen molar-refractivity contribution in [3.8, 4) is 0 Å². The van der Waals surface area contributed by atoms with Gasteiger partial charge in [0.25, 0.3) is 5.91 Å². The van der Waals surface area contributed by atoms with Crippen LogP contribution in [0.25, 0.3) is 0 Å². The molecule has 2 heterocycles. The van der Waals surface area contributed by atoms with Crippen molar-refractivity contribution in [2.45, 2.75) is 6.42 Å². The summed E-state index contributed by atoms with van der Waals surface area (Å²) >= 11 is 2.28. The predicted octanol–water partition coefficient (Wildman–Crippen LogP) is 0.665. The summed E-state index contributed by atoms with van der Waals surface area (Å²) in [4.78, 5) is 26.5. The number of carbonyl (C=O) groups excluding carboxylic acids is 1. The van der Waals surface area contributed by atoms with Crippen LogP contribution in [0.5, 0.6) is 0 Å². The Hall–Kier alpha value is -1.87. The van der Waals surface area contributed by atoms with E-state index in [-0.39, 0.29) is 11.6 Å². The van der Waals surface area contributed by atoms with E-state index in [2.05, 4.69) is 19.9 Å². The van der Waals surface area contributed by atoms with Crippen LogP contribution in [0, 0.1) is 0 Å². The van der Waals surface area contributed by atoms with Crippen molar-refractivity contribution in [2.24, 2.45) is 0 Å². The summed E-state index contributed by atoms with van der Waals surface area (Å²) in [6.45, 7) is 0.392. The zero-order chi connectivity index (χ0) is 13.0. The molecule has 0 aliphatic heterocycles. The smallest absolute Gasteiger partial charge is 0.355 e. The molecule has 0 radical (unpaired) electrons. The number of thiazole rings is 1. The minimum atomic E-state index is -1.04. The molecule has 2 rings (SSSR count). The summed E-state index contributed by atoms with van der Waals surface area (Å²) in [6, 6.07) is 0. The van der Waals surface area contributed by atoms with Crippen molar-refractivity contribution >= 4 is 34.7 Å². The van der Waals surface area contributed by atoms with Gasteiger partial charge >= 0.3 is 5.97 Å². The molecule has 0 spiro atoms. The molecule has 2 aromatic rings. The molecular weight excluding hydrogens is 276 g/mol. The Balaban J connectivity index is 1.81. The molecule has 7 nitrogen and oxygen atoms in total. The first kappa shape index (κ1) is 12.6. The third-order valence-electron chi connectivity index (χ3n) is 1.98. The number of rotatable bonds is 5. The standard InChI is InChI=1S/C9H8N4O3S2/c14-8(6-3-11-13-18-6)10-2-1-7-12-5(4-17-7)9(15)16/h3-4H,1-2H2,(H,10,14)(H,15,16). The Bertz CT molecular complexity index is 552. The number of aromatic carboxylic acids is 1. The maximum absolute atomic E-state index is 11.5. The van der Waals surface area contributed by atoms with Gasteiger partial charge in [-0.2, -0.15) is 0 Å². The van der Waals surface area contributed by atoms with Gasteiger partial charge in [-0.15, -0.1) is 16.4 Å². The van der Waals surface area contributed by atoms with E-state index in [0.717, 1.165) is 11.5 Å². The second-order valence-corrected chi connectivity index (χ2v) is 4.95. The van der Waals surface area contributed by atoms with E-state index in [9.17, 15) is 9.59 Å². The van der Waals surface area contributed by atoms with Crippen molar-refractivity contribution in [3.63, 3.8) is 0 Å². The van der Waals surface area contributed by atoms with E-state index in [1.54, 1.807) is 0 Å². The van der Waals surface area contributed by atoms with E-state index >= 15 is 0 Å². The van der Waals surface area contributed by atoms with Crippen molar-refractivity contribution in [1.82, 2.24) is 19.9 Å². The van der Waals surface area contributed by atoms with E-state index in [0.29, 0.717) is 22.9 Å². The topological polar surface area (TPSA) is 105 Å². The molecule has 94 valence electrons. The maximum Gasteiger partial charge on any atom is 0.355 e. The van der Waals surface area contributed by atoms with E-state index in [1.807, 2.05) is 0 Å². The normalized spacial score (nSPS) is 10.2. The highest BCUT2D eigenvalue weighted by molar-refractivity contribution is 7.09. The van der Waals surface area contributed by atoms with Crippen LogP contribution in [0.1, 0.15) is 25.2 Å². The number of nitrogens with zero attached hydrogens (tertiary/aromatic N) is 3. The minimum absolute atomic E-state index is 0.0352. The van der Waals surface area contributed by atoms with Gasteiger partial charge in [0.1, 0.15) is 4.88 Å². The Kier molecular flexibility index (Phi) is 3.95. The number of carboxylic acid groups (broad SMARTS) is 1. The molecule has 0 fully saturated rings. The van der Waals surface area contributed by atoms with Gasteiger partial charge in [0.15, 0.2) is 5.69 Å². The van der Waals surface area contributed by atoms with E-state index < -0.39 is 5.97 Å². The highest BCUT2D eigenvalue weighted by atomic mass is 32.1. The first-order valence-electron chi connectivity index (χ1n) is 4.90. The zero-order valence-corrected chi connectivity index (χ0v) is 10.6. The largest absolute Gasteiger partial charge is 0.476 e. The van der Waals surface area contributed by atoms with E-state index in [1.165, 1.54) is 22.9 Å². The quantitative estimate of drug-likeness (QED) is 0.836. The molecule has 18 heavy (non-hydrogen) atoms. The summed E-state index contributed by atoms with van der Waals surface area (Å²) in [5.41, 5.74) is 0.0352. The molecule has 2 aromatic heterocycles. The molecule has 0 unspecified atom stereocenters. The first-order chi connectivity index (χ1) is 8.66. The lowest BCUT2D eigenvalue weighted by Crippen LogP contribution is -2.24. The molecule has 0 aliphatic carbocycles. The fraction of sp³-hybridized carbons (Fsp3) is 0.222. The highest BCUT2D eigenvalue weighted by Crippen LogP contribution is 2.10. The van der Waals surface area contributed by atoms with Gasteiger partial charge in [0, 0.05) is 18.3 Å². The summed E-state index contributed by atoms with van der Waals surface area (Å²) in [5.74, 6) is -1.28. The number of amides is 1. The molecular formula is C9H8N4O3S2. The molecule has 9 heteroatoms. The molecule has 0 aromatic carbocycles. The van der Waals surface area contributed by atoms with E-state index in [4.69, 9.17) is 5.11 Å². The lowest BCUT2D eigenvalue weighted by atomic mass is 10.4. The van der Waals surface area contributed by atoms with Gasteiger partial charge in [-0.3, -0.25) is 4.79 Å². The highest BCUT2D eigenvalue weighted by Gasteiger charge is 2.10. The third kappa shape index (κ3) is 3.08. The number of nitrogens with one attached hydrogen (secondary N) is 1. The van der Waals surface area contributed by atoms with Gasteiger partial charge in [-0.1, -0.05) is 4.49 Å². The minimum Gasteiger partial charge on any atom is -0.476 e. The Morgan fingerprint density at radius 1 is 1.44 bits per heavy atom. The van der Waals surface area contributed by atoms with Crippen LogP contribution < -0.4 is 5.32 Å². The van der Waals surface area contributed by atoms with Crippen LogP contribution in [0.3, 0.4) is 0 Å². The molecule has 0 aliphatic rings. The molecule has 2 N–H and O–H groups in total. The predicted molar refractivity (Wildman–Crippen MR) is 65.0 cm³/mol. The first-order valence-corrected chi connectivity index (χ1v) is 6.55. The van der Waals surface area contributed by atoms with Crippen LogP contribution in [0.4, 0.5) is 0 Å². The van der Waals surface area contributed by atoms with Crippen molar-refractivity contribution < 1.29 is 14.7 Å². The lowest BCUT2D eigenvalue weighted by molar-refractivity contribution is 0.0690. The molecule has 1 amide bonds. The summed E-state index contributed by atoms with van der Waals surface area (Å²) in [6.07, 6.45) is 1.89. The van der Waals surface area contributed by atoms with Gasteiger partial charge in [0.2, 0.25) is 0 Å². The fourth-order valence-electron chi connectivity index (χ4n) is 1.16. The monoisotopic (exact) mass is 284 g/mol. The summed E-state index contributed by atoms with van der Waals surface area (Å²) < 4.78 is 3.59. The molecule has 0 bridgehead atoms. The second-order valence-electron chi connectivity index (χ2n) is 3.22. The Morgan fingerprint density at radius 2 is 2.28 bits per heavy atom. The number of carboxylic acids is 1. The SMILES string of the molecule is O=C(O)c1csc(CCNC(=O)c2cnns2)n1. The molecule has 0 saturated heterocycles. The Labute approximate surface area is 110 Å². The van der Waals surface area contributed by atoms with Crippen LogP contribution in [-0.4, -0.2) is 38.1 Å². The maximum atomic E-state index is 11.5. The Morgan fingerprint density at radius 3 is 2.89 bits per heavy atom. The van der Waals surface area contributed by atoms with Crippen LogP contribution in [0.2, 0.25) is 0 Å². The van der Waals surface area contributed by atoms with Gasteiger partial charge in [0.05, 0.1) is 11.2 Å². The lowest BCUT2D eigenvalue weighted by Gasteiger charge is -2.00. The van der Waals surface area contributed by atoms with Gasteiger partial charge in [-0.05, 0) is 11.5 Å². The van der Waals surface area contributed by atoms with Gasteiger partial charge in [-0.25, -0.2) is 9.78 Å². The van der Waals surface area contributed by atoms with Crippen LogP contribution in [0.15, 0.2) is 11.6 Å². The molecule has 0 saturated carbocycles. The van der Waals surface area contributed by atoms with Crippen LogP contribution >= 0.6 is 22.9 Å². The number of carbonyl (C=O) groups is 2. The number of hydrogen-bond donors (Lipinski definition) is 2. The average Bonchev–Trinajstić information content (AvgIpc) is 3.00. The molecule has 0 atom stereocenters. The fourth-order valence-corrected chi connectivity index (χ4v) is 2.36. The second kappa shape index (κ2) is 5.65. The van der Waals surface area contributed by atoms with Crippen molar-refractivity contribution in [2.75, 3.05) is 6.54 Å². The van der Waals surface area contributed by atoms with Crippen molar-refractivity contribution in [1.29, 1.82) is 0 Å². The van der Waals surface area contributed by atoms with Crippen molar-refractivity contribution in [3.05, 3.63) is 27.2 Å². The number of aromatic nitrogens is 3. The van der Waals surface area contributed by atoms with Gasteiger partial charge < -0.3 is 10.4 Å². The summed E-state index contributed by atoms with van der Waals surface area (Å²) in [5, 5.41) is 17.1. The summed E-state index contributed by atoms with van der Waals surface area (Å²) in [7, 11) is 0. The zero-order valence-electron chi connectivity index (χ0n) is 8.99. The van der Waals surface area contributed by atoms with Crippen LogP contribution in [-0.2, 0) is 6.42 Å².